The number of nitrogens with zero attached hydrogens (tertiary/aromatic N) is 3. The van der Waals surface area contributed by atoms with Crippen LogP contribution >= 0.6 is 0 Å². The van der Waals surface area contributed by atoms with Crippen molar-refractivity contribution in [3.8, 4) is 0 Å². The summed E-state index contributed by atoms with van der Waals surface area (Å²) in [6.45, 7) is 7.47. The van der Waals surface area contributed by atoms with E-state index >= 15 is 0 Å². The number of aryl methyl sites for hydroxylation is 1. The molecule has 0 radical (unpaired) electrons. The lowest BCUT2D eigenvalue weighted by atomic mass is 9.99. The lowest BCUT2D eigenvalue weighted by Crippen LogP contribution is -2.29. The number of carbonyl (C=O) groups is 1. The van der Waals surface area contributed by atoms with Crippen molar-refractivity contribution >= 4 is 5.91 Å². The molecule has 7 heteroatoms. The minimum absolute atomic E-state index is 0.0616. The third kappa shape index (κ3) is 3.78. The van der Waals surface area contributed by atoms with Crippen molar-refractivity contribution in [3.63, 3.8) is 0 Å². The van der Waals surface area contributed by atoms with Crippen LogP contribution in [-0.2, 0) is 29.0 Å². The Bertz CT molecular complexity index is 787. The highest BCUT2D eigenvalue weighted by Crippen LogP contribution is 2.31. The SMILES string of the molecule is COCCn1nc2c(c1C(=O)NCc1ccncc1C)C[C@H](C)O[C@@H]2C. The summed E-state index contributed by atoms with van der Waals surface area (Å²) in [6.07, 6.45) is 4.16. The Morgan fingerprint density at radius 1 is 1.46 bits per heavy atom. The summed E-state index contributed by atoms with van der Waals surface area (Å²) in [6, 6.07) is 1.92. The normalized spacial score (nSPS) is 19.2. The molecule has 0 bridgehead atoms. The number of hydrogen-bond donors (Lipinski definition) is 1. The summed E-state index contributed by atoms with van der Waals surface area (Å²) in [5.74, 6) is -0.118. The van der Waals surface area contributed by atoms with Crippen LogP contribution < -0.4 is 5.32 Å². The number of aromatic nitrogens is 3. The molecule has 26 heavy (non-hydrogen) atoms. The molecule has 0 aromatic carbocycles. The Labute approximate surface area is 153 Å². The fraction of sp³-hybridized carbons (Fsp3) is 0.526. The van der Waals surface area contributed by atoms with Crippen molar-refractivity contribution in [2.45, 2.75) is 52.5 Å². The topological polar surface area (TPSA) is 78.3 Å². The van der Waals surface area contributed by atoms with Crippen molar-refractivity contribution in [1.29, 1.82) is 0 Å². The number of hydrogen-bond acceptors (Lipinski definition) is 5. The van der Waals surface area contributed by atoms with E-state index in [1.54, 1.807) is 24.2 Å². The summed E-state index contributed by atoms with van der Waals surface area (Å²) in [5.41, 5.74) is 4.56. The highest BCUT2D eigenvalue weighted by molar-refractivity contribution is 5.94. The molecule has 0 saturated carbocycles. The van der Waals surface area contributed by atoms with E-state index in [0.29, 0.717) is 31.8 Å². The number of amides is 1. The number of ether oxygens (including phenoxy) is 2. The summed E-state index contributed by atoms with van der Waals surface area (Å²) < 4.78 is 12.8. The average Bonchev–Trinajstić information content (AvgIpc) is 2.97. The van der Waals surface area contributed by atoms with Crippen LogP contribution in [0.3, 0.4) is 0 Å². The molecule has 2 aromatic rings. The zero-order chi connectivity index (χ0) is 18.7. The van der Waals surface area contributed by atoms with E-state index < -0.39 is 0 Å². The van der Waals surface area contributed by atoms with Crippen LogP contribution in [0, 0.1) is 6.92 Å². The fourth-order valence-electron chi connectivity index (χ4n) is 3.35. The van der Waals surface area contributed by atoms with E-state index in [1.807, 2.05) is 26.8 Å². The number of carbonyl (C=O) groups excluding carboxylic acids is 1. The van der Waals surface area contributed by atoms with Gasteiger partial charge in [0.15, 0.2) is 0 Å². The number of rotatable bonds is 6. The average molecular weight is 358 g/mol. The Balaban J connectivity index is 1.87. The Morgan fingerprint density at radius 2 is 2.27 bits per heavy atom. The van der Waals surface area contributed by atoms with Crippen LogP contribution in [0.5, 0.6) is 0 Å². The molecule has 1 N–H and O–H groups in total. The van der Waals surface area contributed by atoms with Crippen molar-refractivity contribution < 1.29 is 14.3 Å². The summed E-state index contributed by atoms with van der Waals surface area (Å²) in [5, 5.41) is 7.67. The van der Waals surface area contributed by atoms with E-state index in [9.17, 15) is 4.79 Å². The van der Waals surface area contributed by atoms with Crippen molar-refractivity contribution in [2.24, 2.45) is 0 Å². The third-order valence-corrected chi connectivity index (χ3v) is 4.69. The molecule has 0 saturated heterocycles. The Morgan fingerprint density at radius 3 is 3.00 bits per heavy atom. The minimum Gasteiger partial charge on any atom is -0.383 e. The van der Waals surface area contributed by atoms with E-state index in [-0.39, 0.29) is 18.1 Å². The van der Waals surface area contributed by atoms with Gasteiger partial charge in [0.25, 0.3) is 5.91 Å². The number of methoxy groups -OCH3 is 1. The number of nitrogens with one attached hydrogen (secondary N) is 1. The van der Waals surface area contributed by atoms with E-state index in [2.05, 4.69) is 15.4 Å². The maximum Gasteiger partial charge on any atom is 0.270 e. The van der Waals surface area contributed by atoms with Crippen molar-refractivity contribution in [1.82, 2.24) is 20.1 Å². The van der Waals surface area contributed by atoms with E-state index in [0.717, 1.165) is 22.4 Å². The maximum absolute atomic E-state index is 13.0. The largest absolute Gasteiger partial charge is 0.383 e. The predicted molar refractivity (Wildman–Crippen MR) is 96.9 cm³/mol. The zero-order valence-corrected chi connectivity index (χ0v) is 15.8. The molecule has 1 aliphatic heterocycles. The van der Waals surface area contributed by atoms with E-state index in [4.69, 9.17) is 9.47 Å². The molecule has 0 aliphatic carbocycles. The van der Waals surface area contributed by atoms with Gasteiger partial charge in [-0.15, -0.1) is 0 Å². The van der Waals surface area contributed by atoms with Gasteiger partial charge in [-0.3, -0.25) is 14.5 Å². The molecule has 3 rings (SSSR count). The predicted octanol–water partition coefficient (Wildman–Crippen LogP) is 2.19. The maximum atomic E-state index is 13.0. The second-order valence-electron chi connectivity index (χ2n) is 6.71. The van der Waals surface area contributed by atoms with Crippen LogP contribution in [-0.4, -0.2) is 40.5 Å². The van der Waals surface area contributed by atoms with Gasteiger partial charge < -0.3 is 14.8 Å². The molecule has 1 aliphatic rings. The molecule has 1 amide bonds. The molecule has 2 aromatic heterocycles. The molecular formula is C19H26N4O3. The summed E-state index contributed by atoms with van der Waals surface area (Å²) in [4.78, 5) is 17.1. The van der Waals surface area contributed by atoms with Crippen LogP contribution in [0.25, 0.3) is 0 Å². The monoisotopic (exact) mass is 358 g/mol. The van der Waals surface area contributed by atoms with Gasteiger partial charge in [-0.2, -0.15) is 5.10 Å². The molecule has 140 valence electrons. The molecule has 3 heterocycles. The first kappa shape index (κ1) is 18.5. The van der Waals surface area contributed by atoms with Gasteiger partial charge in [0, 0.05) is 38.0 Å². The fourth-order valence-corrected chi connectivity index (χ4v) is 3.35. The first-order chi connectivity index (χ1) is 12.5. The molecular weight excluding hydrogens is 332 g/mol. The second kappa shape index (κ2) is 7.97. The first-order valence-corrected chi connectivity index (χ1v) is 8.93. The third-order valence-electron chi connectivity index (χ3n) is 4.69. The first-order valence-electron chi connectivity index (χ1n) is 8.93. The lowest BCUT2D eigenvalue weighted by Gasteiger charge is -2.24. The highest BCUT2D eigenvalue weighted by atomic mass is 16.5. The van der Waals surface area contributed by atoms with Gasteiger partial charge in [-0.25, -0.2) is 0 Å². The zero-order valence-electron chi connectivity index (χ0n) is 15.8. The van der Waals surface area contributed by atoms with Crippen molar-refractivity contribution in [2.75, 3.05) is 13.7 Å². The van der Waals surface area contributed by atoms with E-state index in [1.165, 1.54) is 0 Å². The smallest absolute Gasteiger partial charge is 0.270 e. The molecule has 2 atom stereocenters. The van der Waals surface area contributed by atoms with Gasteiger partial charge in [0.05, 0.1) is 31.1 Å². The van der Waals surface area contributed by atoms with Gasteiger partial charge in [0.1, 0.15) is 5.69 Å². The standard InChI is InChI=1S/C19H26N4O3/c1-12-10-20-6-5-15(12)11-21-19(24)18-16-9-13(2)26-14(3)17(16)22-23(18)7-8-25-4/h5-6,10,13-14H,7-9,11H2,1-4H3,(H,21,24)/t13-,14+/m0/s1. The van der Waals surface area contributed by atoms with Crippen LogP contribution in [0.2, 0.25) is 0 Å². The van der Waals surface area contributed by atoms with Gasteiger partial charge in [0.2, 0.25) is 0 Å². The van der Waals surface area contributed by atoms with Crippen molar-refractivity contribution in [3.05, 3.63) is 46.5 Å². The molecule has 0 spiro atoms. The molecule has 0 fully saturated rings. The number of pyridine rings is 1. The lowest BCUT2D eigenvalue weighted by molar-refractivity contribution is -0.00716. The number of fused-ring (bicyclic) bond motifs is 1. The quantitative estimate of drug-likeness (QED) is 0.856. The van der Waals surface area contributed by atoms with Gasteiger partial charge in [-0.1, -0.05) is 0 Å². The molecule has 0 unspecified atom stereocenters. The summed E-state index contributed by atoms with van der Waals surface area (Å²) in [7, 11) is 1.64. The molecule has 7 nitrogen and oxygen atoms in total. The summed E-state index contributed by atoms with van der Waals surface area (Å²) >= 11 is 0. The van der Waals surface area contributed by atoms with Crippen LogP contribution in [0.15, 0.2) is 18.5 Å². The second-order valence-corrected chi connectivity index (χ2v) is 6.71. The van der Waals surface area contributed by atoms with Crippen LogP contribution in [0.1, 0.15) is 52.8 Å². The minimum atomic E-state index is -0.119. The highest BCUT2D eigenvalue weighted by Gasteiger charge is 2.32. The van der Waals surface area contributed by atoms with Crippen LogP contribution in [0.4, 0.5) is 0 Å². The Kier molecular flexibility index (Phi) is 5.68. The Hall–Kier alpha value is -2.25. The van der Waals surface area contributed by atoms with Gasteiger partial charge in [-0.05, 0) is 38.0 Å². The van der Waals surface area contributed by atoms with Gasteiger partial charge >= 0.3 is 0 Å².